The molecule has 13 heavy (non-hydrogen) atoms. The second-order valence-electron chi connectivity index (χ2n) is 3.08. The second kappa shape index (κ2) is 4.11. The second-order valence-corrected chi connectivity index (χ2v) is 3.08. The summed E-state index contributed by atoms with van der Waals surface area (Å²) in [7, 11) is 0. The van der Waals surface area contributed by atoms with E-state index in [9.17, 15) is 9.90 Å². The summed E-state index contributed by atoms with van der Waals surface area (Å²) in [5.74, 6) is 2.09. The van der Waals surface area contributed by atoms with Crippen LogP contribution in [0, 0.1) is 12.3 Å². The zero-order valence-electron chi connectivity index (χ0n) is 7.49. The van der Waals surface area contributed by atoms with Gasteiger partial charge in [0.2, 0.25) is 0 Å². The van der Waals surface area contributed by atoms with Gasteiger partial charge in [0, 0.05) is 25.3 Å². The Morgan fingerprint density at radius 1 is 1.85 bits per heavy atom. The molecule has 3 heteroatoms. The number of carbonyl (C=O) groups is 1. The van der Waals surface area contributed by atoms with Crippen LogP contribution in [0.2, 0.25) is 0 Å². The molecule has 3 nitrogen and oxygen atoms in total. The van der Waals surface area contributed by atoms with E-state index >= 15 is 0 Å². The van der Waals surface area contributed by atoms with Crippen LogP contribution in [0.3, 0.4) is 0 Å². The van der Waals surface area contributed by atoms with Crippen molar-refractivity contribution < 1.29 is 14.6 Å². The van der Waals surface area contributed by atoms with Gasteiger partial charge in [-0.1, -0.05) is 5.92 Å². The molecule has 0 aromatic heterocycles. The Kier molecular flexibility index (Phi) is 3.10. The van der Waals surface area contributed by atoms with Crippen molar-refractivity contribution in [2.75, 3.05) is 0 Å². The summed E-state index contributed by atoms with van der Waals surface area (Å²) in [5.41, 5.74) is 0.699. The van der Waals surface area contributed by atoms with Gasteiger partial charge in [-0.05, 0) is 6.08 Å². The van der Waals surface area contributed by atoms with Gasteiger partial charge in [-0.2, -0.15) is 0 Å². The van der Waals surface area contributed by atoms with Crippen LogP contribution in [0.1, 0.15) is 19.8 Å². The lowest BCUT2D eigenvalue weighted by atomic mass is 9.95. The monoisotopic (exact) mass is 180 g/mol. The van der Waals surface area contributed by atoms with Gasteiger partial charge in [-0.3, -0.25) is 4.79 Å². The molecule has 0 aliphatic heterocycles. The molecule has 0 heterocycles. The highest BCUT2D eigenvalue weighted by molar-refractivity contribution is 5.66. The third-order valence-electron chi connectivity index (χ3n) is 1.85. The zero-order valence-corrected chi connectivity index (χ0v) is 7.49. The summed E-state index contributed by atoms with van der Waals surface area (Å²) in [6.07, 6.45) is 6.95. The van der Waals surface area contributed by atoms with Gasteiger partial charge in [0.25, 0.3) is 0 Å². The van der Waals surface area contributed by atoms with Crippen molar-refractivity contribution >= 4 is 5.97 Å². The molecule has 0 saturated carbocycles. The maximum Gasteiger partial charge on any atom is 0.303 e. The van der Waals surface area contributed by atoms with Crippen molar-refractivity contribution in [3.05, 3.63) is 11.6 Å². The first-order valence-corrected chi connectivity index (χ1v) is 4.14. The van der Waals surface area contributed by atoms with Gasteiger partial charge in [-0.25, -0.2) is 0 Å². The molecule has 1 N–H and O–H groups in total. The molecular formula is C10H12O3. The van der Waals surface area contributed by atoms with Crippen LogP contribution in [0.15, 0.2) is 11.6 Å². The molecule has 2 atom stereocenters. The summed E-state index contributed by atoms with van der Waals surface area (Å²) < 4.78 is 4.92. The Labute approximate surface area is 77.4 Å². The smallest absolute Gasteiger partial charge is 0.303 e. The highest BCUT2D eigenvalue weighted by atomic mass is 16.5. The molecule has 0 aromatic carbocycles. The number of esters is 1. The summed E-state index contributed by atoms with van der Waals surface area (Å²) >= 11 is 0. The standard InChI is InChI=1S/C10H12O3/c1-3-8-4-9(12)6-10(5-8)13-7(2)11/h1,5,9-10,12H,4,6H2,2H3/t9-,10+/m1/s1. The van der Waals surface area contributed by atoms with Crippen molar-refractivity contribution in [3.8, 4) is 12.3 Å². The molecule has 1 rings (SSSR count). The fraction of sp³-hybridized carbons (Fsp3) is 0.500. The lowest BCUT2D eigenvalue weighted by Crippen LogP contribution is -2.25. The Morgan fingerprint density at radius 2 is 2.54 bits per heavy atom. The number of terminal acetylenes is 1. The Morgan fingerprint density at radius 3 is 3.08 bits per heavy atom. The minimum Gasteiger partial charge on any atom is -0.458 e. The van der Waals surface area contributed by atoms with Crippen LogP contribution in [0.5, 0.6) is 0 Å². The van der Waals surface area contributed by atoms with Crippen LogP contribution in [-0.4, -0.2) is 23.3 Å². The fourth-order valence-corrected chi connectivity index (χ4v) is 1.37. The van der Waals surface area contributed by atoms with E-state index in [2.05, 4.69) is 5.92 Å². The van der Waals surface area contributed by atoms with Crippen LogP contribution in [0.25, 0.3) is 0 Å². The third kappa shape index (κ3) is 2.92. The molecule has 0 bridgehead atoms. The highest BCUT2D eigenvalue weighted by Gasteiger charge is 2.21. The van der Waals surface area contributed by atoms with Crippen LogP contribution >= 0.6 is 0 Å². The third-order valence-corrected chi connectivity index (χ3v) is 1.85. The number of ether oxygens (including phenoxy) is 1. The van der Waals surface area contributed by atoms with E-state index in [0.717, 1.165) is 0 Å². The Hall–Kier alpha value is -1.27. The number of aliphatic hydroxyl groups excluding tert-OH is 1. The average molecular weight is 180 g/mol. The molecule has 1 aliphatic rings. The van der Waals surface area contributed by atoms with Crippen molar-refractivity contribution in [3.63, 3.8) is 0 Å². The maximum atomic E-state index is 10.6. The molecule has 0 aromatic rings. The lowest BCUT2D eigenvalue weighted by molar-refractivity contribution is -0.145. The maximum absolute atomic E-state index is 10.6. The summed E-state index contributed by atoms with van der Waals surface area (Å²) in [4.78, 5) is 10.6. The van der Waals surface area contributed by atoms with Gasteiger partial charge in [-0.15, -0.1) is 6.42 Å². The molecule has 0 unspecified atom stereocenters. The summed E-state index contributed by atoms with van der Waals surface area (Å²) in [5, 5.41) is 9.37. The van der Waals surface area contributed by atoms with Gasteiger partial charge < -0.3 is 9.84 Å². The van der Waals surface area contributed by atoms with E-state index in [1.54, 1.807) is 6.08 Å². The number of hydrogen-bond donors (Lipinski definition) is 1. The minimum absolute atomic E-state index is 0.355. The van der Waals surface area contributed by atoms with Crippen LogP contribution in [-0.2, 0) is 9.53 Å². The van der Waals surface area contributed by atoms with Crippen molar-refractivity contribution in [2.45, 2.75) is 32.0 Å². The van der Waals surface area contributed by atoms with Crippen LogP contribution in [0.4, 0.5) is 0 Å². The first-order valence-electron chi connectivity index (χ1n) is 4.14. The molecule has 70 valence electrons. The van der Waals surface area contributed by atoms with Crippen molar-refractivity contribution in [1.29, 1.82) is 0 Å². The molecular weight excluding hydrogens is 168 g/mol. The zero-order chi connectivity index (χ0) is 9.84. The van der Waals surface area contributed by atoms with E-state index in [0.29, 0.717) is 18.4 Å². The van der Waals surface area contributed by atoms with Crippen molar-refractivity contribution in [1.82, 2.24) is 0 Å². The van der Waals surface area contributed by atoms with E-state index < -0.39 is 6.10 Å². The van der Waals surface area contributed by atoms with Gasteiger partial charge in [0.05, 0.1) is 6.10 Å². The van der Waals surface area contributed by atoms with Gasteiger partial charge >= 0.3 is 5.97 Å². The fourth-order valence-electron chi connectivity index (χ4n) is 1.37. The minimum atomic E-state index is -0.500. The normalized spacial score (nSPS) is 27.3. The van der Waals surface area contributed by atoms with E-state index in [1.807, 2.05) is 0 Å². The predicted octanol–water partition coefficient (Wildman–Crippen LogP) is 0.632. The van der Waals surface area contributed by atoms with E-state index in [-0.39, 0.29) is 12.1 Å². The Balaban J connectivity index is 2.66. The number of carbonyl (C=O) groups excluding carboxylic acids is 1. The van der Waals surface area contributed by atoms with E-state index in [1.165, 1.54) is 6.92 Å². The summed E-state index contributed by atoms with van der Waals surface area (Å²) in [6.45, 7) is 1.34. The molecule has 0 amide bonds. The molecule has 1 aliphatic carbocycles. The lowest BCUT2D eigenvalue weighted by Gasteiger charge is -2.22. The first kappa shape index (κ1) is 9.82. The van der Waals surface area contributed by atoms with E-state index in [4.69, 9.17) is 11.2 Å². The first-order chi connectivity index (χ1) is 6.11. The predicted molar refractivity (Wildman–Crippen MR) is 47.7 cm³/mol. The highest BCUT2D eigenvalue weighted by Crippen LogP contribution is 2.20. The number of rotatable bonds is 1. The molecule has 0 saturated heterocycles. The average Bonchev–Trinajstić information content (AvgIpc) is 2.01. The molecule has 0 spiro atoms. The SMILES string of the molecule is C#CC1=C[C@H](OC(C)=O)C[C@H](O)C1. The summed E-state index contributed by atoms with van der Waals surface area (Å²) in [6, 6.07) is 0. The quantitative estimate of drug-likeness (QED) is 0.475. The van der Waals surface area contributed by atoms with Gasteiger partial charge in [0.15, 0.2) is 0 Å². The Bertz CT molecular complexity index is 272. The van der Waals surface area contributed by atoms with Crippen molar-refractivity contribution in [2.24, 2.45) is 0 Å². The molecule has 0 fully saturated rings. The number of aliphatic hydroxyl groups is 1. The number of hydrogen-bond acceptors (Lipinski definition) is 3. The molecule has 0 radical (unpaired) electrons. The topological polar surface area (TPSA) is 46.5 Å². The largest absolute Gasteiger partial charge is 0.458 e. The van der Waals surface area contributed by atoms with Gasteiger partial charge in [0.1, 0.15) is 6.10 Å². The van der Waals surface area contributed by atoms with Crippen LogP contribution < -0.4 is 0 Å².